The molecule has 0 heterocycles. The number of amides is 1. The standard InChI is InChI=1S/C28H45N3O3.C2HF3O2/c1-18(2)31(16-15-29-6)26(33)34-30-19(3)23-9-10-24-22-8-7-20-17-21(32)11-13-27(20,4)25(22)12-14-28(23,24)5;3-2(4,5)1(6)7/h17-18,22-25,29H,7-16H2,1-6H3;(H,6,7)/b30-19+;/t22-,23+,24-,25-,27-,28+;/m0./s1. The Morgan fingerprint density at radius 3 is 2.39 bits per heavy atom. The van der Waals surface area contributed by atoms with Crippen molar-refractivity contribution >= 4 is 23.6 Å². The Balaban J connectivity index is 0.000000587. The number of carbonyl (C=O) groups excluding carboxylic acids is 2. The summed E-state index contributed by atoms with van der Waals surface area (Å²) in [6, 6.07) is 0.0710. The van der Waals surface area contributed by atoms with Gasteiger partial charge in [-0.15, -0.1) is 0 Å². The summed E-state index contributed by atoms with van der Waals surface area (Å²) in [6.45, 7) is 12.3. The lowest BCUT2D eigenvalue weighted by Crippen LogP contribution is -2.51. The number of allylic oxidation sites excluding steroid dienone is 1. The van der Waals surface area contributed by atoms with E-state index in [1.54, 1.807) is 4.90 Å². The monoisotopic (exact) mass is 585 g/mol. The summed E-state index contributed by atoms with van der Waals surface area (Å²) in [5.74, 6) is 0.0553. The first-order chi connectivity index (χ1) is 19.1. The van der Waals surface area contributed by atoms with Crippen LogP contribution in [0.4, 0.5) is 18.0 Å². The zero-order valence-electron chi connectivity index (χ0n) is 25.1. The molecule has 0 aromatic heterocycles. The van der Waals surface area contributed by atoms with Crippen molar-refractivity contribution in [3.05, 3.63) is 11.6 Å². The first kappa shape index (κ1) is 33.1. The molecule has 0 radical (unpaired) electrons. The van der Waals surface area contributed by atoms with Crippen molar-refractivity contribution in [2.24, 2.45) is 39.7 Å². The first-order valence-electron chi connectivity index (χ1n) is 14.8. The molecule has 41 heavy (non-hydrogen) atoms. The van der Waals surface area contributed by atoms with Gasteiger partial charge >= 0.3 is 18.2 Å². The van der Waals surface area contributed by atoms with Crippen LogP contribution in [0.2, 0.25) is 0 Å². The SMILES string of the molecule is CNCCN(C(=O)O/N=C(\C)[C@H]1CC[C@H]2[C@@H]3CCC4=CC(=O)CC[C@]4(C)[C@H]3CC[C@]12C)C(C)C.O=C(O)C(F)(F)F. The Morgan fingerprint density at radius 1 is 1.15 bits per heavy atom. The van der Waals surface area contributed by atoms with Crippen molar-refractivity contribution in [1.29, 1.82) is 0 Å². The number of nitrogens with one attached hydrogen (secondary N) is 1. The molecule has 232 valence electrons. The van der Waals surface area contributed by atoms with Crippen LogP contribution in [0.5, 0.6) is 0 Å². The van der Waals surface area contributed by atoms with Crippen molar-refractivity contribution in [2.45, 2.75) is 98.2 Å². The van der Waals surface area contributed by atoms with E-state index in [4.69, 9.17) is 14.7 Å². The minimum Gasteiger partial charge on any atom is -0.475 e. The smallest absolute Gasteiger partial charge is 0.475 e. The maximum atomic E-state index is 12.7. The molecule has 11 heteroatoms. The van der Waals surface area contributed by atoms with Crippen molar-refractivity contribution in [3.8, 4) is 0 Å². The topological polar surface area (TPSA) is 108 Å². The molecule has 0 aliphatic heterocycles. The molecule has 0 unspecified atom stereocenters. The van der Waals surface area contributed by atoms with Crippen LogP contribution in [0, 0.1) is 34.5 Å². The number of likely N-dealkylation sites (N-methyl/N-ethyl adjacent to an activating group) is 1. The Morgan fingerprint density at radius 2 is 1.80 bits per heavy atom. The summed E-state index contributed by atoms with van der Waals surface area (Å²) >= 11 is 0. The molecule has 2 N–H and O–H groups in total. The molecule has 4 aliphatic carbocycles. The predicted molar refractivity (Wildman–Crippen MR) is 149 cm³/mol. The van der Waals surface area contributed by atoms with E-state index < -0.39 is 12.1 Å². The van der Waals surface area contributed by atoms with E-state index in [-0.39, 0.29) is 23.0 Å². The summed E-state index contributed by atoms with van der Waals surface area (Å²) in [7, 11) is 1.88. The fourth-order valence-corrected chi connectivity index (χ4v) is 8.27. The van der Waals surface area contributed by atoms with Gasteiger partial charge in [0.15, 0.2) is 5.78 Å². The minimum atomic E-state index is -5.08. The second-order valence-corrected chi connectivity index (χ2v) is 12.9. The number of hydrogen-bond acceptors (Lipinski definition) is 6. The Kier molecular flexibility index (Phi) is 10.4. The van der Waals surface area contributed by atoms with Gasteiger partial charge in [0.1, 0.15) is 0 Å². The number of ketones is 1. The van der Waals surface area contributed by atoms with Crippen LogP contribution in [0.3, 0.4) is 0 Å². The molecular weight excluding hydrogens is 539 g/mol. The van der Waals surface area contributed by atoms with Crippen molar-refractivity contribution in [2.75, 3.05) is 20.1 Å². The van der Waals surface area contributed by atoms with Gasteiger partial charge in [0, 0.05) is 31.5 Å². The highest BCUT2D eigenvalue weighted by molar-refractivity contribution is 5.91. The summed E-state index contributed by atoms with van der Waals surface area (Å²) in [4.78, 5) is 40.9. The zero-order valence-corrected chi connectivity index (χ0v) is 25.1. The van der Waals surface area contributed by atoms with Gasteiger partial charge < -0.3 is 15.3 Å². The normalized spacial score (nSPS) is 33.1. The molecule has 8 nitrogen and oxygen atoms in total. The molecule has 3 fully saturated rings. The third kappa shape index (κ3) is 6.97. The number of nitrogens with zero attached hydrogens (tertiary/aromatic N) is 2. The maximum absolute atomic E-state index is 12.7. The van der Waals surface area contributed by atoms with E-state index in [2.05, 4.69) is 31.2 Å². The number of carboxylic acids is 1. The molecule has 4 rings (SSSR count). The second kappa shape index (κ2) is 12.8. The summed E-state index contributed by atoms with van der Waals surface area (Å²) < 4.78 is 31.7. The number of alkyl halides is 3. The van der Waals surface area contributed by atoms with E-state index in [0.29, 0.717) is 36.5 Å². The summed E-state index contributed by atoms with van der Waals surface area (Å²) in [5.41, 5.74) is 2.83. The average Bonchev–Trinajstić information content (AvgIpc) is 3.25. The number of halogens is 3. The molecule has 6 atom stereocenters. The molecule has 1 amide bonds. The van der Waals surface area contributed by atoms with Crippen LogP contribution < -0.4 is 5.32 Å². The van der Waals surface area contributed by atoms with Crippen LogP contribution >= 0.6 is 0 Å². The molecule has 0 spiro atoms. The Bertz CT molecular complexity index is 1060. The molecular formula is C30H46F3N3O5. The van der Waals surface area contributed by atoms with Gasteiger partial charge in [-0.1, -0.05) is 24.6 Å². The number of rotatable bonds is 6. The van der Waals surface area contributed by atoms with Crippen molar-refractivity contribution in [1.82, 2.24) is 10.2 Å². The number of carboxylic acid groups (broad SMARTS) is 1. The van der Waals surface area contributed by atoms with E-state index in [0.717, 1.165) is 37.4 Å². The lowest BCUT2D eigenvalue weighted by molar-refractivity contribution is -0.192. The van der Waals surface area contributed by atoms with Gasteiger partial charge in [-0.25, -0.2) is 9.59 Å². The van der Waals surface area contributed by atoms with Crippen molar-refractivity contribution in [3.63, 3.8) is 0 Å². The molecule has 4 aliphatic rings. The van der Waals surface area contributed by atoms with Gasteiger partial charge in [-0.3, -0.25) is 9.63 Å². The largest absolute Gasteiger partial charge is 0.490 e. The number of hydrogen-bond donors (Lipinski definition) is 2. The summed E-state index contributed by atoms with van der Waals surface area (Å²) in [5, 5.41) is 14.6. The van der Waals surface area contributed by atoms with E-state index >= 15 is 0 Å². The number of oxime groups is 1. The van der Waals surface area contributed by atoms with Gasteiger partial charge in [-0.05, 0) is 107 Å². The first-order valence-corrected chi connectivity index (χ1v) is 14.8. The maximum Gasteiger partial charge on any atom is 0.490 e. The predicted octanol–water partition coefficient (Wildman–Crippen LogP) is 6.21. The van der Waals surface area contributed by atoms with E-state index in [1.165, 1.54) is 31.3 Å². The number of fused-ring (bicyclic) bond motifs is 5. The van der Waals surface area contributed by atoms with Gasteiger partial charge in [0.2, 0.25) is 0 Å². The second-order valence-electron chi connectivity index (χ2n) is 12.9. The van der Waals surface area contributed by atoms with Crippen LogP contribution in [-0.2, 0) is 14.4 Å². The summed E-state index contributed by atoms with van der Waals surface area (Å²) in [6.07, 6.45) is 5.38. The van der Waals surface area contributed by atoms with Gasteiger partial charge in [-0.2, -0.15) is 13.2 Å². The average molecular weight is 586 g/mol. The van der Waals surface area contributed by atoms with E-state index in [9.17, 15) is 22.8 Å². The van der Waals surface area contributed by atoms with E-state index in [1.807, 2.05) is 27.0 Å². The van der Waals surface area contributed by atoms with Crippen LogP contribution in [0.1, 0.15) is 86.0 Å². The molecule has 0 aromatic carbocycles. The van der Waals surface area contributed by atoms with Gasteiger partial charge in [0.05, 0.1) is 5.71 Å². The highest BCUT2D eigenvalue weighted by Crippen LogP contribution is 2.66. The molecule has 0 bridgehead atoms. The lowest BCUT2D eigenvalue weighted by atomic mass is 9.46. The Hall–Kier alpha value is -2.43. The fraction of sp³-hybridized carbons (Fsp3) is 0.800. The minimum absolute atomic E-state index is 0.0710. The van der Waals surface area contributed by atoms with Gasteiger partial charge in [0.25, 0.3) is 0 Å². The molecule has 3 saturated carbocycles. The fourth-order valence-electron chi connectivity index (χ4n) is 8.27. The number of aliphatic carboxylic acids is 1. The highest BCUT2D eigenvalue weighted by atomic mass is 19.4. The third-order valence-electron chi connectivity index (χ3n) is 10.4. The Labute approximate surface area is 241 Å². The quantitative estimate of drug-likeness (QED) is 0.218. The van der Waals surface area contributed by atoms with Crippen LogP contribution in [-0.4, -0.2) is 65.9 Å². The molecule has 0 saturated heterocycles. The van der Waals surface area contributed by atoms with Crippen LogP contribution in [0.15, 0.2) is 16.8 Å². The molecule has 0 aromatic rings. The number of carbonyl (C=O) groups is 3. The highest BCUT2D eigenvalue weighted by Gasteiger charge is 2.59. The zero-order chi connectivity index (χ0) is 30.8. The van der Waals surface area contributed by atoms with Crippen molar-refractivity contribution < 1.29 is 37.5 Å². The van der Waals surface area contributed by atoms with Crippen LogP contribution in [0.25, 0.3) is 0 Å². The third-order valence-corrected chi connectivity index (χ3v) is 10.4. The lowest BCUT2D eigenvalue weighted by Gasteiger charge is -2.58.